The fraction of sp³-hybridized carbons (Fsp3) is 0.714. The first-order valence-corrected chi connectivity index (χ1v) is 11.0. The third kappa shape index (κ3) is 3.09. The number of likely N-dealkylation sites (tertiary alicyclic amines) is 1. The molecule has 1 aromatic heterocycles. The van der Waals surface area contributed by atoms with Crippen LogP contribution in [-0.2, 0) is 4.79 Å². The van der Waals surface area contributed by atoms with Crippen LogP contribution >= 0.6 is 0 Å². The summed E-state index contributed by atoms with van der Waals surface area (Å²) in [5.74, 6) is 2.59. The van der Waals surface area contributed by atoms with Gasteiger partial charge in [0.05, 0.1) is 5.92 Å². The van der Waals surface area contributed by atoms with Crippen LogP contribution in [0.5, 0.6) is 0 Å². The van der Waals surface area contributed by atoms with Crippen LogP contribution in [-0.4, -0.2) is 67.1 Å². The zero-order valence-corrected chi connectivity index (χ0v) is 16.7. The highest BCUT2D eigenvalue weighted by molar-refractivity contribution is 5.81. The SMILES string of the molecule is CCN1C(=O)C2CNNC2C2CCC(c3ccc(N4CCNCC4)nc3)CC21. The summed E-state index contributed by atoms with van der Waals surface area (Å²) in [5.41, 5.74) is 7.98. The summed E-state index contributed by atoms with van der Waals surface area (Å²) in [7, 11) is 0. The largest absolute Gasteiger partial charge is 0.354 e. The first-order valence-electron chi connectivity index (χ1n) is 11.0. The average molecular weight is 385 g/mol. The Balaban J connectivity index is 1.32. The van der Waals surface area contributed by atoms with Crippen LogP contribution in [0.3, 0.4) is 0 Å². The van der Waals surface area contributed by atoms with E-state index >= 15 is 0 Å². The Labute approximate surface area is 167 Å². The van der Waals surface area contributed by atoms with Crippen molar-refractivity contribution < 1.29 is 4.79 Å². The van der Waals surface area contributed by atoms with Crippen molar-refractivity contribution in [1.29, 1.82) is 0 Å². The number of fused-ring (bicyclic) bond motifs is 3. The third-order valence-electron chi connectivity index (χ3n) is 7.38. The number of aromatic nitrogens is 1. The Hall–Kier alpha value is -1.70. The van der Waals surface area contributed by atoms with E-state index in [-0.39, 0.29) is 5.92 Å². The smallest absolute Gasteiger partial charge is 0.228 e. The fourth-order valence-electron chi connectivity index (χ4n) is 5.90. The fourth-order valence-corrected chi connectivity index (χ4v) is 5.90. The van der Waals surface area contributed by atoms with Crippen LogP contribution in [0.2, 0.25) is 0 Å². The molecule has 0 aromatic carbocycles. The van der Waals surface area contributed by atoms with E-state index in [1.807, 2.05) is 0 Å². The molecule has 4 heterocycles. The van der Waals surface area contributed by atoms with Gasteiger partial charge in [-0.05, 0) is 49.7 Å². The second-order valence-corrected chi connectivity index (χ2v) is 8.71. The average Bonchev–Trinajstić information content (AvgIpc) is 3.25. The molecule has 7 nitrogen and oxygen atoms in total. The Morgan fingerprint density at radius 1 is 1.21 bits per heavy atom. The molecule has 1 amide bonds. The third-order valence-corrected chi connectivity index (χ3v) is 7.38. The van der Waals surface area contributed by atoms with Crippen molar-refractivity contribution in [1.82, 2.24) is 26.1 Å². The van der Waals surface area contributed by atoms with Crippen molar-refractivity contribution in [2.45, 2.75) is 44.2 Å². The summed E-state index contributed by atoms with van der Waals surface area (Å²) in [6.45, 7) is 7.81. The van der Waals surface area contributed by atoms with E-state index in [1.54, 1.807) is 0 Å². The maximum Gasteiger partial charge on any atom is 0.228 e. The lowest BCUT2D eigenvalue weighted by molar-refractivity contribution is -0.146. The number of pyridine rings is 1. The molecule has 1 saturated carbocycles. The molecule has 0 spiro atoms. The first kappa shape index (κ1) is 18.3. The van der Waals surface area contributed by atoms with Crippen molar-refractivity contribution in [3.63, 3.8) is 0 Å². The summed E-state index contributed by atoms with van der Waals surface area (Å²) in [4.78, 5) is 22.3. The van der Waals surface area contributed by atoms with Crippen molar-refractivity contribution in [3.05, 3.63) is 23.9 Å². The van der Waals surface area contributed by atoms with Gasteiger partial charge in [-0.2, -0.15) is 0 Å². The lowest BCUT2D eigenvalue weighted by Gasteiger charge is -2.50. The summed E-state index contributed by atoms with van der Waals surface area (Å²) in [6.07, 6.45) is 5.51. The minimum absolute atomic E-state index is 0.109. The number of piperidine rings is 1. The minimum atomic E-state index is 0.109. The quantitative estimate of drug-likeness (QED) is 0.713. The summed E-state index contributed by atoms with van der Waals surface area (Å²) in [6, 6.07) is 5.11. The predicted octanol–water partition coefficient (Wildman–Crippen LogP) is 0.698. The molecule has 28 heavy (non-hydrogen) atoms. The predicted molar refractivity (Wildman–Crippen MR) is 109 cm³/mol. The van der Waals surface area contributed by atoms with Crippen molar-refractivity contribution in [2.75, 3.05) is 44.2 Å². The van der Waals surface area contributed by atoms with Gasteiger partial charge in [-0.3, -0.25) is 15.6 Å². The normalized spacial score (nSPS) is 35.6. The van der Waals surface area contributed by atoms with E-state index < -0.39 is 0 Å². The Morgan fingerprint density at radius 3 is 2.82 bits per heavy atom. The molecule has 152 valence electrons. The van der Waals surface area contributed by atoms with E-state index in [1.165, 1.54) is 18.4 Å². The van der Waals surface area contributed by atoms with Gasteiger partial charge in [0.15, 0.2) is 0 Å². The molecule has 5 unspecified atom stereocenters. The molecule has 3 aliphatic heterocycles. The van der Waals surface area contributed by atoms with Crippen LogP contribution in [0.25, 0.3) is 0 Å². The number of nitrogens with one attached hydrogen (secondary N) is 3. The van der Waals surface area contributed by atoms with Crippen LogP contribution in [0.1, 0.15) is 37.7 Å². The van der Waals surface area contributed by atoms with Crippen molar-refractivity contribution >= 4 is 11.7 Å². The Morgan fingerprint density at radius 2 is 2.07 bits per heavy atom. The monoisotopic (exact) mass is 384 g/mol. The van der Waals surface area contributed by atoms with Gasteiger partial charge in [-0.15, -0.1) is 0 Å². The van der Waals surface area contributed by atoms with E-state index in [0.717, 1.165) is 51.5 Å². The number of piperazine rings is 1. The van der Waals surface area contributed by atoms with E-state index in [4.69, 9.17) is 4.98 Å². The highest BCUT2D eigenvalue weighted by atomic mass is 16.2. The lowest BCUT2D eigenvalue weighted by Crippen LogP contribution is -2.61. The van der Waals surface area contributed by atoms with Crippen LogP contribution in [0.15, 0.2) is 18.3 Å². The van der Waals surface area contributed by atoms with E-state index in [2.05, 4.69) is 51.2 Å². The highest BCUT2D eigenvalue weighted by Crippen LogP contribution is 2.44. The van der Waals surface area contributed by atoms with Gasteiger partial charge in [0.2, 0.25) is 5.91 Å². The number of carbonyl (C=O) groups is 1. The Kier molecular flexibility index (Phi) is 4.99. The molecule has 7 heteroatoms. The lowest BCUT2D eigenvalue weighted by atomic mass is 9.67. The number of hydrazine groups is 1. The van der Waals surface area contributed by atoms with Gasteiger partial charge in [-0.1, -0.05) is 6.07 Å². The first-order chi connectivity index (χ1) is 13.8. The zero-order valence-electron chi connectivity index (χ0n) is 16.7. The standard InChI is InChI=1S/C21H32N6O/c1-2-27-18-11-14(3-5-16(18)20-17(21(27)28)13-24-25-20)15-4-6-19(23-12-15)26-9-7-22-8-10-26/h4,6,12,14,16-18,20,22,24-25H,2-3,5,7-11,13H2,1H3. The molecular weight excluding hydrogens is 352 g/mol. The molecule has 0 radical (unpaired) electrons. The number of carbonyl (C=O) groups excluding carboxylic acids is 1. The molecule has 5 rings (SSSR count). The summed E-state index contributed by atoms with van der Waals surface area (Å²) < 4.78 is 0. The van der Waals surface area contributed by atoms with Crippen LogP contribution in [0.4, 0.5) is 5.82 Å². The topological polar surface area (TPSA) is 72.5 Å². The molecule has 3 N–H and O–H groups in total. The van der Waals surface area contributed by atoms with Crippen molar-refractivity contribution in [3.8, 4) is 0 Å². The molecule has 3 saturated heterocycles. The number of hydrogen-bond acceptors (Lipinski definition) is 6. The number of amides is 1. The zero-order chi connectivity index (χ0) is 19.1. The number of nitrogens with zero attached hydrogens (tertiary/aromatic N) is 3. The maximum absolute atomic E-state index is 13.0. The minimum Gasteiger partial charge on any atom is -0.354 e. The van der Waals surface area contributed by atoms with Crippen LogP contribution in [0, 0.1) is 11.8 Å². The molecule has 5 atom stereocenters. The van der Waals surface area contributed by atoms with Gasteiger partial charge in [-0.25, -0.2) is 4.98 Å². The Bertz CT molecular complexity index is 703. The van der Waals surface area contributed by atoms with Gasteiger partial charge in [0.25, 0.3) is 0 Å². The number of hydrogen-bond donors (Lipinski definition) is 3. The van der Waals surface area contributed by atoms with Crippen molar-refractivity contribution in [2.24, 2.45) is 11.8 Å². The van der Waals surface area contributed by atoms with Crippen LogP contribution < -0.4 is 21.1 Å². The number of rotatable bonds is 3. The maximum atomic E-state index is 13.0. The number of anilines is 1. The molecular formula is C21H32N6O. The van der Waals surface area contributed by atoms with E-state index in [0.29, 0.717) is 29.8 Å². The molecule has 0 bridgehead atoms. The molecule has 4 fully saturated rings. The highest BCUT2D eigenvalue weighted by Gasteiger charge is 2.51. The van der Waals surface area contributed by atoms with E-state index in [9.17, 15) is 4.79 Å². The van der Waals surface area contributed by atoms with Gasteiger partial charge < -0.3 is 15.1 Å². The summed E-state index contributed by atoms with van der Waals surface area (Å²) >= 11 is 0. The van der Waals surface area contributed by atoms with Gasteiger partial charge in [0.1, 0.15) is 5.82 Å². The molecule has 1 aliphatic carbocycles. The second kappa shape index (κ2) is 7.61. The molecule has 1 aromatic rings. The molecule has 4 aliphatic rings. The van der Waals surface area contributed by atoms with Gasteiger partial charge >= 0.3 is 0 Å². The second-order valence-electron chi connectivity index (χ2n) is 8.71. The van der Waals surface area contributed by atoms with Gasteiger partial charge in [0, 0.05) is 57.5 Å². The summed E-state index contributed by atoms with van der Waals surface area (Å²) in [5, 5.41) is 3.39.